The quantitative estimate of drug-likeness (QED) is 0.443. The van der Waals surface area contributed by atoms with Crippen LogP contribution in [0.15, 0.2) is 58.4 Å². The fourth-order valence-corrected chi connectivity index (χ4v) is 4.63. The zero-order valence-electron chi connectivity index (χ0n) is 19.2. The van der Waals surface area contributed by atoms with Gasteiger partial charge < -0.3 is 14.2 Å². The number of hydrogen-bond donors (Lipinski definition) is 0. The molecule has 0 saturated carbocycles. The second-order valence-electron chi connectivity index (χ2n) is 7.73. The van der Waals surface area contributed by atoms with Gasteiger partial charge in [0, 0.05) is 26.2 Å². The monoisotopic (exact) mass is 481 g/mol. The molecule has 0 aromatic heterocycles. The van der Waals surface area contributed by atoms with Crippen molar-refractivity contribution in [1.82, 2.24) is 9.80 Å². The predicted molar refractivity (Wildman–Crippen MR) is 132 cm³/mol. The summed E-state index contributed by atoms with van der Waals surface area (Å²) >= 11 is 1.35. The lowest BCUT2D eigenvalue weighted by molar-refractivity contribution is -0.122. The molecule has 4 rings (SSSR count). The van der Waals surface area contributed by atoms with E-state index in [9.17, 15) is 9.59 Å². The summed E-state index contributed by atoms with van der Waals surface area (Å²) in [5.74, 6) is 0.274. The summed E-state index contributed by atoms with van der Waals surface area (Å²) in [6.45, 7) is 4.42. The Kier molecular flexibility index (Phi) is 7.99. The van der Waals surface area contributed by atoms with Crippen molar-refractivity contribution in [3.63, 3.8) is 0 Å². The highest BCUT2D eigenvalue weighted by molar-refractivity contribution is 8.18. The van der Waals surface area contributed by atoms with Crippen LogP contribution >= 0.6 is 11.8 Å². The Hall–Kier alpha value is -3.14. The molecular formula is C25H27N3O5S. The highest BCUT2D eigenvalue weighted by Gasteiger charge is 2.33. The molecule has 2 heterocycles. The smallest absolute Gasteiger partial charge is 0.337 e. The first-order chi connectivity index (χ1) is 16.6. The van der Waals surface area contributed by atoms with Gasteiger partial charge in [-0.1, -0.05) is 12.1 Å². The van der Waals surface area contributed by atoms with E-state index in [0.717, 1.165) is 36.6 Å². The summed E-state index contributed by atoms with van der Waals surface area (Å²) in [6, 6.07) is 14.4. The third-order valence-corrected chi connectivity index (χ3v) is 6.56. The van der Waals surface area contributed by atoms with Crippen molar-refractivity contribution in [2.75, 3.05) is 53.6 Å². The van der Waals surface area contributed by atoms with Crippen LogP contribution in [0.2, 0.25) is 0 Å². The lowest BCUT2D eigenvalue weighted by atomic mass is 10.1. The van der Waals surface area contributed by atoms with Crippen molar-refractivity contribution in [2.45, 2.75) is 0 Å². The number of thioether (sulfide) groups is 1. The van der Waals surface area contributed by atoms with Gasteiger partial charge in [-0.3, -0.25) is 14.6 Å². The fourth-order valence-electron chi connectivity index (χ4n) is 3.61. The summed E-state index contributed by atoms with van der Waals surface area (Å²) in [4.78, 5) is 34.4. The van der Waals surface area contributed by atoms with Crippen LogP contribution in [-0.4, -0.2) is 80.5 Å². The van der Waals surface area contributed by atoms with Gasteiger partial charge in [0.25, 0.3) is 5.91 Å². The van der Waals surface area contributed by atoms with E-state index in [2.05, 4.69) is 4.90 Å². The Morgan fingerprint density at radius 2 is 1.76 bits per heavy atom. The Labute approximate surface area is 203 Å². The molecule has 8 nitrogen and oxygen atoms in total. The van der Waals surface area contributed by atoms with E-state index >= 15 is 0 Å². The minimum atomic E-state index is -0.395. The van der Waals surface area contributed by atoms with Gasteiger partial charge in [-0.05, 0) is 59.8 Å². The fraction of sp³-hybridized carbons (Fsp3) is 0.320. The van der Waals surface area contributed by atoms with Crippen LogP contribution in [0.3, 0.4) is 0 Å². The van der Waals surface area contributed by atoms with Gasteiger partial charge in [0.05, 0.1) is 43.6 Å². The van der Waals surface area contributed by atoms with Gasteiger partial charge in [-0.25, -0.2) is 9.79 Å². The van der Waals surface area contributed by atoms with E-state index in [-0.39, 0.29) is 5.91 Å². The third kappa shape index (κ3) is 5.85. The Morgan fingerprint density at radius 3 is 2.41 bits per heavy atom. The second kappa shape index (κ2) is 11.3. The number of rotatable bonds is 7. The number of methoxy groups -OCH3 is 2. The van der Waals surface area contributed by atoms with E-state index in [1.807, 2.05) is 30.3 Å². The Morgan fingerprint density at radius 1 is 1.06 bits per heavy atom. The number of carbonyl (C=O) groups excluding carboxylic acids is 2. The van der Waals surface area contributed by atoms with E-state index in [0.29, 0.717) is 35.4 Å². The molecule has 0 aliphatic carbocycles. The number of ether oxygens (including phenoxy) is 3. The highest BCUT2D eigenvalue weighted by Crippen LogP contribution is 2.34. The minimum absolute atomic E-state index is 0.0810. The molecule has 178 valence electrons. The average molecular weight is 482 g/mol. The predicted octanol–water partition coefficient (Wildman–Crippen LogP) is 3.42. The van der Waals surface area contributed by atoms with Crippen LogP contribution in [0.1, 0.15) is 15.9 Å². The standard InChI is InChI=1S/C25H27N3O5S/c1-31-21-9-7-20(8-10-21)26-25-28(12-11-27-13-15-33-16-14-27)23(29)22(34-25)17-18-3-5-19(6-4-18)24(30)32-2/h3-10,17H,11-16H2,1-2H3/b22-17+,26-25?. The maximum absolute atomic E-state index is 13.3. The number of carbonyl (C=O) groups is 2. The number of aliphatic imine (C=N–C) groups is 1. The zero-order valence-corrected chi connectivity index (χ0v) is 20.0. The molecule has 2 saturated heterocycles. The van der Waals surface area contributed by atoms with Crippen molar-refractivity contribution in [2.24, 2.45) is 4.99 Å². The summed E-state index contributed by atoms with van der Waals surface area (Å²) in [5, 5.41) is 0.640. The molecule has 34 heavy (non-hydrogen) atoms. The largest absolute Gasteiger partial charge is 0.497 e. The summed E-state index contributed by atoms with van der Waals surface area (Å²) in [7, 11) is 2.97. The SMILES string of the molecule is COC(=O)c1ccc(/C=C2/SC(=Nc3ccc(OC)cc3)N(CCN3CCOCC3)C2=O)cc1. The number of benzene rings is 2. The molecule has 0 spiro atoms. The topological polar surface area (TPSA) is 80.7 Å². The molecule has 2 fully saturated rings. The normalized spacial score (nSPS) is 19.1. The summed E-state index contributed by atoms with van der Waals surface area (Å²) in [5.41, 5.74) is 2.03. The molecule has 0 atom stereocenters. The van der Waals surface area contributed by atoms with Gasteiger partial charge in [-0.15, -0.1) is 0 Å². The molecule has 9 heteroatoms. The van der Waals surface area contributed by atoms with Crippen LogP contribution in [0.4, 0.5) is 5.69 Å². The zero-order chi connectivity index (χ0) is 23.9. The molecular weight excluding hydrogens is 454 g/mol. The van der Waals surface area contributed by atoms with Crippen LogP contribution in [0.5, 0.6) is 5.75 Å². The summed E-state index contributed by atoms with van der Waals surface area (Å²) < 4.78 is 15.4. The molecule has 2 aromatic rings. The van der Waals surface area contributed by atoms with Crippen LogP contribution < -0.4 is 4.74 Å². The van der Waals surface area contributed by atoms with E-state index < -0.39 is 5.97 Å². The Balaban J connectivity index is 1.57. The maximum atomic E-state index is 13.3. The van der Waals surface area contributed by atoms with Crippen LogP contribution in [0, 0.1) is 0 Å². The number of esters is 1. The average Bonchev–Trinajstić information content (AvgIpc) is 3.17. The Bertz CT molecular complexity index is 1080. The number of nitrogens with zero attached hydrogens (tertiary/aromatic N) is 3. The third-order valence-electron chi connectivity index (χ3n) is 5.56. The van der Waals surface area contributed by atoms with Crippen LogP contribution in [0.25, 0.3) is 6.08 Å². The van der Waals surface area contributed by atoms with Gasteiger partial charge >= 0.3 is 5.97 Å². The van der Waals surface area contributed by atoms with Crippen molar-refractivity contribution in [3.05, 3.63) is 64.6 Å². The lowest BCUT2D eigenvalue weighted by Crippen LogP contribution is -2.42. The molecule has 0 radical (unpaired) electrons. The van der Waals surface area contributed by atoms with Gasteiger partial charge in [0.15, 0.2) is 5.17 Å². The number of amidine groups is 1. The van der Waals surface area contributed by atoms with E-state index in [1.54, 1.807) is 36.3 Å². The molecule has 0 bridgehead atoms. The number of morpholine rings is 1. The molecule has 1 amide bonds. The first-order valence-electron chi connectivity index (χ1n) is 11.0. The van der Waals surface area contributed by atoms with Crippen molar-refractivity contribution in [1.29, 1.82) is 0 Å². The molecule has 2 aromatic carbocycles. The minimum Gasteiger partial charge on any atom is -0.497 e. The van der Waals surface area contributed by atoms with Gasteiger partial charge in [0.2, 0.25) is 0 Å². The first-order valence-corrected chi connectivity index (χ1v) is 11.8. The summed E-state index contributed by atoms with van der Waals surface area (Å²) in [6.07, 6.45) is 1.83. The van der Waals surface area contributed by atoms with Crippen molar-refractivity contribution in [3.8, 4) is 5.75 Å². The second-order valence-corrected chi connectivity index (χ2v) is 8.74. The number of hydrogen-bond acceptors (Lipinski definition) is 8. The first kappa shape index (κ1) is 24.0. The molecule has 0 N–H and O–H groups in total. The number of amides is 1. The van der Waals surface area contributed by atoms with E-state index in [1.165, 1.54) is 18.9 Å². The molecule has 2 aliphatic heterocycles. The van der Waals surface area contributed by atoms with Gasteiger partial charge in [-0.2, -0.15) is 0 Å². The highest BCUT2D eigenvalue weighted by atomic mass is 32.2. The maximum Gasteiger partial charge on any atom is 0.337 e. The van der Waals surface area contributed by atoms with Crippen molar-refractivity contribution < 1.29 is 23.8 Å². The lowest BCUT2D eigenvalue weighted by Gasteiger charge is -2.28. The van der Waals surface area contributed by atoms with Crippen molar-refractivity contribution >= 4 is 40.6 Å². The van der Waals surface area contributed by atoms with Crippen LogP contribution in [-0.2, 0) is 14.3 Å². The molecule has 0 unspecified atom stereocenters. The van der Waals surface area contributed by atoms with Gasteiger partial charge in [0.1, 0.15) is 5.75 Å². The molecule has 2 aliphatic rings. The van der Waals surface area contributed by atoms with E-state index in [4.69, 9.17) is 19.2 Å².